The fourth-order valence-electron chi connectivity index (χ4n) is 4.90. The highest BCUT2D eigenvalue weighted by Crippen LogP contribution is 2.41. The summed E-state index contributed by atoms with van der Waals surface area (Å²) in [4.78, 5) is 43.1. The third-order valence-corrected chi connectivity index (χ3v) is 6.53. The molecule has 7 nitrogen and oxygen atoms in total. The Morgan fingerprint density at radius 1 is 0.974 bits per heavy atom. The van der Waals surface area contributed by atoms with E-state index < -0.39 is 29.3 Å². The van der Waals surface area contributed by atoms with Crippen molar-refractivity contribution in [3.63, 3.8) is 0 Å². The number of nitrogens with one attached hydrogen (secondary N) is 2. The molecule has 2 N–H and O–H groups in total. The van der Waals surface area contributed by atoms with Crippen molar-refractivity contribution >= 4 is 17.9 Å². The normalized spacial score (nSPS) is 18.5. The molecule has 0 aliphatic heterocycles. The minimum atomic E-state index is -0.911. The summed E-state index contributed by atoms with van der Waals surface area (Å²) in [6.45, 7) is 17.2. The second-order valence-corrected chi connectivity index (χ2v) is 13.0. The molecule has 39 heavy (non-hydrogen) atoms. The minimum absolute atomic E-state index is 0.118. The van der Waals surface area contributed by atoms with Crippen LogP contribution in [0.15, 0.2) is 48.5 Å². The van der Waals surface area contributed by atoms with Gasteiger partial charge in [-0.3, -0.25) is 9.59 Å². The van der Waals surface area contributed by atoms with Gasteiger partial charge in [0.05, 0.1) is 0 Å². The van der Waals surface area contributed by atoms with Crippen molar-refractivity contribution in [3.8, 4) is 0 Å². The lowest BCUT2D eigenvalue weighted by atomic mass is 9.96. The van der Waals surface area contributed by atoms with Crippen LogP contribution in [-0.2, 0) is 20.7 Å². The molecule has 212 valence electrons. The average Bonchev–Trinajstić information content (AvgIpc) is 3.49. The van der Waals surface area contributed by atoms with Gasteiger partial charge in [-0.05, 0) is 78.9 Å². The van der Waals surface area contributed by atoms with E-state index >= 15 is 0 Å². The maximum absolute atomic E-state index is 14.5. The van der Waals surface area contributed by atoms with Crippen LogP contribution >= 0.6 is 0 Å². The smallest absolute Gasteiger partial charge is 0.408 e. The van der Waals surface area contributed by atoms with E-state index in [0.717, 1.165) is 28.7 Å². The van der Waals surface area contributed by atoms with Crippen LogP contribution in [0.25, 0.3) is 0 Å². The summed E-state index contributed by atoms with van der Waals surface area (Å²) in [5.74, 6) is -0.299. The standard InChI is InChI=1S/C32H45N3O4/c1-20-15-21(2)17-24(16-20)27(28(36)34-31(4,5)6)35(26-18-22(26)3)29(37)25(19-23-13-11-10-12-14-23)33-30(38)39-32(7,8)9/h10-17,22,25-27H,18-19H2,1-9H3,(H,33,38)(H,34,36). The first-order valence-corrected chi connectivity index (χ1v) is 13.8. The number of amides is 3. The summed E-state index contributed by atoms with van der Waals surface area (Å²) in [5.41, 5.74) is 2.49. The number of rotatable bonds is 8. The van der Waals surface area contributed by atoms with E-state index in [2.05, 4.69) is 23.6 Å². The second-order valence-electron chi connectivity index (χ2n) is 13.0. The molecule has 3 rings (SSSR count). The molecule has 1 aliphatic carbocycles. The maximum Gasteiger partial charge on any atom is 0.408 e. The Labute approximate surface area is 233 Å². The molecular formula is C32H45N3O4. The third kappa shape index (κ3) is 8.84. The first-order chi connectivity index (χ1) is 18.0. The molecule has 0 radical (unpaired) electrons. The molecule has 1 saturated carbocycles. The largest absolute Gasteiger partial charge is 0.444 e. The van der Waals surface area contributed by atoms with Crippen LogP contribution < -0.4 is 10.6 Å². The highest BCUT2D eigenvalue weighted by atomic mass is 16.6. The number of hydrogen-bond acceptors (Lipinski definition) is 4. The summed E-state index contributed by atoms with van der Waals surface area (Å²) in [6.07, 6.45) is 0.403. The van der Waals surface area contributed by atoms with Crippen LogP contribution in [0.4, 0.5) is 4.79 Å². The Morgan fingerprint density at radius 2 is 1.54 bits per heavy atom. The van der Waals surface area contributed by atoms with Crippen molar-refractivity contribution in [2.75, 3.05) is 0 Å². The fraction of sp³-hybridized carbons (Fsp3) is 0.531. The minimum Gasteiger partial charge on any atom is -0.444 e. The molecule has 3 amide bonds. The predicted octanol–water partition coefficient (Wildman–Crippen LogP) is 5.63. The van der Waals surface area contributed by atoms with E-state index in [0.29, 0.717) is 0 Å². The summed E-state index contributed by atoms with van der Waals surface area (Å²) in [6, 6.07) is 13.7. The van der Waals surface area contributed by atoms with E-state index in [4.69, 9.17) is 4.74 Å². The van der Waals surface area contributed by atoms with Crippen LogP contribution in [0.5, 0.6) is 0 Å². The molecule has 0 spiro atoms. The third-order valence-electron chi connectivity index (χ3n) is 6.53. The van der Waals surface area contributed by atoms with Crippen LogP contribution in [-0.4, -0.2) is 46.0 Å². The number of aryl methyl sites for hydroxylation is 2. The van der Waals surface area contributed by atoms with Crippen LogP contribution in [0, 0.1) is 19.8 Å². The molecule has 4 atom stereocenters. The van der Waals surface area contributed by atoms with Crippen LogP contribution in [0.3, 0.4) is 0 Å². The van der Waals surface area contributed by atoms with Gasteiger partial charge < -0.3 is 20.3 Å². The number of carbonyl (C=O) groups excluding carboxylic acids is 3. The van der Waals surface area contributed by atoms with Crippen molar-refractivity contribution < 1.29 is 19.1 Å². The van der Waals surface area contributed by atoms with Crippen molar-refractivity contribution in [2.45, 2.75) is 104 Å². The van der Waals surface area contributed by atoms with Crippen molar-refractivity contribution in [2.24, 2.45) is 5.92 Å². The first-order valence-electron chi connectivity index (χ1n) is 13.8. The van der Waals surface area contributed by atoms with Gasteiger partial charge in [0, 0.05) is 18.0 Å². The Balaban J connectivity index is 2.08. The number of nitrogens with zero attached hydrogens (tertiary/aromatic N) is 1. The number of alkyl carbamates (subject to hydrolysis) is 1. The Bertz CT molecular complexity index is 1160. The topological polar surface area (TPSA) is 87.7 Å². The van der Waals surface area contributed by atoms with Gasteiger partial charge in [-0.2, -0.15) is 0 Å². The lowest BCUT2D eigenvalue weighted by Gasteiger charge is -2.36. The van der Waals surface area contributed by atoms with E-state index in [1.54, 1.807) is 25.7 Å². The van der Waals surface area contributed by atoms with Gasteiger partial charge in [0.15, 0.2) is 0 Å². The van der Waals surface area contributed by atoms with Gasteiger partial charge in [-0.25, -0.2) is 4.79 Å². The molecule has 2 aromatic rings. The summed E-state index contributed by atoms with van der Waals surface area (Å²) in [7, 11) is 0. The number of hydrogen-bond donors (Lipinski definition) is 2. The number of carbonyl (C=O) groups is 3. The maximum atomic E-state index is 14.5. The summed E-state index contributed by atoms with van der Waals surface area (Å²) in [5, 5.41) is 5.94. The monoisotopic (exact) mass is 535 g/mol. The van der Waals surface area contributed by atoms with Gasteiger partial charge in [-0.1, -0.05) is 66.6 Å². The molecule has 1 aliphatic rings. The van der Waals surface area contributed by atoms with Crippen molar-refractivity contribution in [3.05, 3.63) is 70.8 Å². The van der Waals surface area contributed by atoms with Crippen molar-refractivity contribution in [1.29, 1.82) is 0 Å². The first kappa shape index (κ1) is 30.2. The zero-order valence-corrected chi connectivity index (χ0v) is 24.9. The van der Waals surface area contributed by atoms with E-state index in [-0.39, 0.29) is 30.2 Å². The SMILES string of the molecule is Cc1cc(C)cc(C(C(=O)NC(C)(C)C)N(C(=O)C(Cc2ccccc2)NC(=O)OC(C)(C)C)C2CC2C)c1. The summed E-state index contributed by atoms with van der Waals surface area (Å²) < 4.78 is 5.52. The Hall–Kier alpha value is -3.35. The molecule has 2 aromatic carbocycles. The zero-order chi connectivity index (χ0) is 29.1. The fourth-order valence-corrected chi connectivity index (χ4v) is 4.90. The van der Waals surface area contributed by atoms with Gasteiger partial charge >= 0.3 is 6.09 Å². The molecule has 4 unspecified atom stereocenters. The quantitative estimate of drug-likeness (QED) is 0.458. The molecule has 0 aromatic heterocycles. The molecule has 0 heterocycles. The van der Waals surface area contributed by atoms with Gasteiger partial charge in [0.2, 0.25) is 11.8 Å². The molecule has 7 heteroatoms. The van der Waals surface area contributed by atoms with Gasteiger partial charge in [-0.15, -0.1) is 0 Å². The van der Waals surface area contributed by atoms with E-state index in [1.165, 1.54) is 0 Å². The summed E-state index contributed by atoms with van der Waals surface area (Å²) >= 11 is 0. The number of ether oxygens (including phenoxy) is 1. The van der Waals surface area contributed by atoms with Crippen LogP contribution in [0.1, 0.15) is 83.2 Å². The van der Waals surface area contributed by atoms with Crippen LogP contribution in [0.2, 0.25) is 0 Å². The lowest BCUT2D eigenvalue weighted by Crippen LogP contribution is -2.56. The van der Waals surface area contributed by atoms with Gasteiger partial charge in [0.1, 0.15) is 17.7 Å². The Morgan fingerprint density at radius 3 is 2.03 bits per heavy atom. The Kier molecular flexibility index (Phi) is 9.14. The van der Waals surface area contributed by atoms with Crippen molar-refractivity contribution in [1.82, 2.24) is 15.5 Å². The predicted molar refractivity (Wildman–Crippen MR) is 154 cm³/mol. The van der Waals surface area contributed by atoms with E-state index in [9.17, 15) is 14.4 Å². The highest BCUT2D eigenvalue weighted by Gasteiger charge is 2.48. The second kappa shape index (κ2) is 11.8. The molecule has 1 fully saturated rings. The average molecular weight is 536 g/mol. The molecule has 0 bridgehead atoms. The van der Waals surface area contributed by atoms with E-state index in [1.807, 2.05) is 77.1 Å². The zero-order valence-electron chi connectivity index (χ0n) is 24.9. The number of benzene rings is 2. The van der Waals surface area contributed by atoms with Gasteiger partial charge in [0.25, 0.3) is 0 Å². The molecular weight excluding hydrogens is 490 g/mol. The molecule has 0 saturated heterocycles. The lowest BCUT2D eigenvalue weighted by molar-refractivity contribution is -0.144. The highest BCUT2D eigenvalue weighted by molar-refractivity contribution is 5.93.